The molecule has 2 aromatic heterocycles. The zero-order valence-corrected chi connectivity index (χ0v) is 17.9. The van der Waals surface area contributed by atoms with E-state index in [4.69, 9.17) is 0 Å². The number of aromatic nitrogens is 2. The molecule has 0 radical (unpaired) electrons. The zero-order valence-electron chi connectivity index (χ0n) is 15.5. The number of H-pyrrole nitrogens is 1. The number of hydrogen-bond acceptors (Lipinski definition) is 5. The Morgan fingerprint density at radius 2 is 2.11 bits per heavy atom. The van der Waals surface area contributed by atoms with E-state index >= 15 is 0 Å². The molecule has 0 atom stereocenters. The van der Waals surface area contributed by atoms with Crippen molar-refractivity contribution in [2.24, 2.45) is 0 Å². The summed E-state index contributed by atoms with van der Waals surface area (Å²) >= 11 is 5.04. The van der Waals surface area contributed by atoms with Crippen LogP contribution in [0.1, 0.15) is 23.2 Å². The van der Waals surface area contributed by atoms with Crippen LogP contribution < -0.4 is 10.6 Å². The topological polar surface area (TPSA) is 73.1 Å². The van der Waals surface area contributed by atoms with Crippen molar-refractivity contribution >= 4 is 44.7 Å². The fourth-order valence-electron chi connectivity index (χ4n) is 3.29. The quantitative estimate of drug-likeness (QED) is 0.518. The van der Waals surface area contributed by atoms with Gasteiger partial charge in [0.2, 0.25) is 0 Å². The van der Waals surface area contributed by atoms with Gasteiger partial charge < -0.3 is 15.5 Å². The van der Waals surface area contributed by atoms with Crippen molar-refractivity contribution in [2.75, 3.05) is 30.8 Å². The molecular weight excluding hydrogens is 438 g/mol. The average Bonchev–Trinajstić information content (AvgIpc) is 3.33. The molecule has 6 nitrogen and oxygen atoms in total. The van der Waals surface area contributed by atoms with Crippen LogP contribution in [-0.4, -0.2) is 47.2 Å². The van der Waals surface area contributed by atoms with Crippen LogP contribution in [0.5, 0.6) is 0 Å². The number of benzene rings is 1. The molecule has 1 fully saturated rings. The highest BCUT2D eigenvalue weighted by molar-refractivity contribution is 9.10. The lowest BCUT2D eigenvalue weighted by molar-refractivity contribution is 0.102. The second kappa shape index (κ2) is 8.46. The number of hydrogen-bond donors (Lipinski definition) is 3. The third kappa shape index (κ3) is 4.63. The number of rotatable bonds is 5. The minimum atomic E-state index is -0.158. The van der Waals surface area contributed by atoms with E-state index in [0.29, 0.717) is 17.4 Å². The monoisotopic (exact) mass is 459 g/mol. The number of piperidine rings is 1. The number of amides is 1. The first kappa shape index (κ1) is 19.2. The number of anilines is 2. The van der Waals surface area contributed by atoms with Crippen molar-refractivity contribution in [2.45, 2.75) is 18.9 Å². The molecule has 1 saturated heterocycles. The van der Waals surface area contributed by atoms with Crippen molar-refractivity contribution in [1.29, 1.82) is 0 Å². The summed E-state index contributed by atoms with van der Waals surface area (Å²) in [4.78, 5) is 16.0. The number of thiophene rings is 1. The minimum Gasteiger partial charge on any atom is -0.382 e. The summed E-state index contributed by atoms with van der Waals surface area (Å²) in [6.07, 6.45) is 2.23. The lowest BCUT2D eigenvalue weighted by atomic mass is 10.0. The van der Waals surface area contributed by atoms with Gasteiger partial charge in [0.1, 0.15) is 11.5 Å². The van der Waals surface area contributed by atoms with E-state index < -0.39 is 0 Å². The minimum absolute atomic E-state index is 0.158. The Morgan fingerprint density at radius 3 is 2.86 bits per heavy atom. The van der Waals surface area contributed by atoms with Crippen molar-refractivity contribution in [3.63, 3.8) is 0 Å². The molecule has 0 bridgehead atoms. The Labute approximate surface area is 176 Å². The first-order chi connectivity index (χ1) is 13.6. The first-order valence-electron chi connectivity index (χ1n) is 9.23. The van der Waals surface area contributed by atoms with E-state index in [0.717, 1.165) is 46.7 Å². The van der Waals surface area contributed by atoms with Crippen LogP contribution in [0.25, 0.3) is 10.6 Å². The smallest absolute Gasteiger partial charge is 0.256 e. The molecule has 0 saturated carbocycles. The molecule has 0 aliphatic carbocycles. The van der Waals surface area contributed by atoms with Crippen LogP contribution in [0, 0.1) is 0 Å². The number of halogens is 1. The Balaban J connectivity index is 1.40. The van der Waals surface area contributed by atoms with Gasteiger partial charge in [0.05, 0.1) is 4.88 Å². The van der Waals surface area contributed by atoms with Gasteiger partial charge in [-0.15, -0.1) is 11.3 Å². The Kier molecular flexibility index (Phi) is 5.79. The van der Waals surface area contributed by atoms with Gasteiger partial charge in [0.25, 0.3) is 5.91 Å². The van der Waals surface area contributed by atoms with Crippen molar-refractivity contribution in [3.05, 3.63) is 51.8 Å². The highest BCUT2D eigenvalue weighted by atomic mass is 79.9. The maximum absolute atomic E-state index is 12.7. The zero-order chi connectivity index (χ0) is 19.5. The van der Waals surface area contributed by atoms with Crippen LogP contribution in [0.15, 0.2) is 46.3 Å². The van der Waals surface area contributed by atoms with Crippen LogP contribution in [-0.2, 0) is 0 Å². The average molecular weight is 460 g/mol. The number of aromatic amines is 1. The molecule has 1 aliphatic rings. The summed E-state index contributed by atoms with van der Waals surface area (Å²) in [5.74, 6) is 0.424. The molecule has 0 unspecified atom stereocenters. The van der Waals surface area contributed by atoms with E-state index in [1.54, 1.807) is 11.3 Å². The van der Waals surface area contributed by atoms with Gasteiger partial charge in [-0.2, -0.15) is 5.10 Å². The fraction of sp³-hybridized carbons (Fsp3) is 0.300. The summed E-state index contributed by atoms with van der Waals surface area (Å²) < 4.78 is 1.02. The number of nitrogens with one attached hydrogen (secondary N) is 3. The second-order valence-corrected chi connectivity index (χ2v) is 8.88. The molecule has 8 heteroatoms. The molecule has 146 valence electrons. The van der Waals surface area contributed by atoms with Crippen LogP contribution in [0.2, 0.25) is 0 Å². The molecule has 0 spiro atoms. The van der Waals surface area contributed by atoms with Crippen LogP contribution >= 0.6 is 27.3 Å². The van der Waals surface area contributed by atoms with Gasteiger partial charge in [-0.3, -0.25) is 9.89 Å². The van der Waals surface area contributed by atoms with Gasteiger partial charge in [-0.1, -0.05) is 6.07 Å². The summed E-state index contributed by atoms with van der Waals surface area (Å²) in [5.41, 5.74) is 2.41. The van der Waals surface area contributed by atoms with Crippen molar-refractivity contribution in [3.8, 4) is 10.6 Å². The van der Waals surface area contributed by atoms with Gasteiger partial charge >= 0.3 is 0 Å². The molecule has 28 heavy (non-hydrogen) atoms. The standard InChI is InChI=1S/C20H22BrN5OS/c1-26-7-5-15(6-8-26)22-16-4-2-3-13(9-16)20(27)23-19-11-17(24-25-19)18-10-14(21)12-28-18/h2-4,9-12,15,22H,5-8H2,1H3,(H2,23,24,25,27). The molecule has 3 heterocycles. The third-order valence-electron chi connectivity index (χ3n) is 4.86. The van der Waals surface area contributed by atoms with Crippen LogP contribution in [0.4, 0.5) is 11.5 Å². The summed E-state index contributed by atoms with van der Waals surface area (Å²) in [6.45, 7) is 2.20. The SMILES string of the molecule is CN1CCC(Nc2cccc(C(=O)Nc3cc(-c4cc(Br)cs4)n[nH]3)c2)CC1. The second-order valence-electron chi connectivity index (χ2n) is 7.05. The fourth-order valence-corrected chi connectivity index (χ4v) is 4.68. The Bertz CT molecular complexity index is 961. The summed E-state index contributed by atoms with van der Waals surface area (Å²) in [5, 5.41) is 15.6. The lowest BCUT2D eigenvalue weighted by Gasteiger charge is -2.30. The molecule has 4 rings (SSSR count). The highest BCUT2D eigenvalue weighted by Gasteiger charge is 2.17. The Morgan fingerprint density at radius 1 is 1.29 bits per heavy atom. The molecular formula is C20H22BrN5OS. The Hall–Kier alpha value is -2.16. The van der Waals surface area contributed by atoms with Crippen molar-refractivity contribution in [1.82, 2.24) is 15.1 Å². The number of carbonyl (C=O) groups excluding carboxylic acids is 1. The molecule has 1 aromatic carbocycles. The van der Waals surface area contributed by atoms with E-state index in [1.807, 2.05) is 41.8 Å². The van der Waals surface area contributed by atoms with Gasteiger partial charge in [-0.25, -0.2) is 0 Å². The number of nitrogens with zero attached hydrogens (tertiary/aromatic N) is 2. The highest BCUT2D eigenvalue weighted by Crippen LogP contribution is 2.29. The predicted octanol–water partition coefficient (Wildman–Crippen LogP) is 4.66. The van der Waals surface area contributed by atoms with E-state index in [1.165, 1.54) is 0 Å². The van der Waals surface area contributed by atoms with Gasteiger partial charge in [0, 0.05) is 33.2 Å². The first-order valence-corrected chi connectivity index (χ1v) is 10.9. The summed E-state index contributed by atoms with van der Waals surface area (Å²) in [6, 6.07) is 12.0. The van der Waals surface area contributed by atoms with Gasteiger partial charge in [-0.05, 0) is 73.2 Å². The van der Waals surface area contributed by atoms with Crippen molar-refractivity contribution < 1.29 is 4.79 Å². The molecule has 3 N–H and O–H groups in total. The molecule has 1 amide bonds. The van der Waals surface area contributed by atoms with Gasteiger partial charge in [0.15, 0.2) is 0 Å². The van der Waals surface area contributed by atoms with Crippen LogP contribution in [0.3, 0.4) is 0 Å². The van der Waals surface area contributed by atoms with E-state index in [-0.39, 0.29) is 5.91 Å². The normalized spacial score (nSPS) is 15.5. The number of carbonyl (C=O) groups is 1. The lowest BCUT2D eigenvalue weighted by Crippen LogP contribution is -2.36. The summed E-state index contributed by atoms with van der Waals surface area (Å²) in [7, 11) is 2.15. The van der Waals surface area contributed by atoms with E-state index in [2.05, 4.69) is 48.7 Å². The molecule has 1 aliphatic heterocycles. The third-order valence-corrected chi connectivity index (χ3v) is 6.57. The predicted molar refractivity (Wildman–Crippen MR) is 118 cm³/mol. The van der Waals surface area contributed by atoms with E-state index in [9.17, 15) is 4.79 Å². The number of likely N-dealkylation sites (tertiary alicyclic amines) is 1. The molecule has 3 aromatic rings. The largest absolute Gasteiger partial charge is 0.382 e. The maximum Gasteiger partial charge on any atom is 0.256 e. The maximum atomic E-state index is 12.7.